The lowest BCUT2D eigenvalue weighted by atomic mass is 9.97. The van der Waals surface area contributed by atoms with Gasteiger partial charge >= 0.3 is 0 Å². The molecule has 0 bridgehead atoms. The summed E-state index contributed by atoms with van der Waals surface area (Å²) in [7, 11) is -2.71. The van der Waals surface area contributed by atoms with Crippen molar-refractivity contribution in [3.63, 3.8) is 0 Å². The lowest BCUT2D eigenvalue weighted by Crippen LogP contribution is -2.41. The quantitative estimate of drug-likeness (QED) is 0.350. The van der Waals surface area contributed by atoms with E-state index >= 15 is 0 Å². The molecule has 1 aromatic carbocycles. The number of hydrogen-bond acceptors (Lipinski definition) is 8. The van der Waals surface area contributed by atoms with E-state index < -0.39 is 27.3 Å². The average Bonchev–Trinajstić information content (AvgIpc) is 3.50. The summed E-state index contributed by atoms with van der Waals surface area (Å²) in [5.74, 6) is -2.04. The Kier molecular flexibility index (Phi) is 7.45. The van der Waals surface area contributed by atoms with Crippen molar-refractivity contribution < 1.29 is 31.5 Å². The molecule has 3 heterocycles. The molecule has 0 spiro atoms. The Bertz CT molecular complexity index is 1580. The molecule has 0 radical (unpaired) electrons. The number of carbonyl (C=O) groups excluding carboxylic acids is 1. The van der Waals surface area contributed by atoms with E-state index in [1.165, 1.54) is 42.1 Å². The Morgan fingerprint density at radius 1 is 1.14 bits per heavy atom. The molecule has 1 N–H and O–H groups in total. The van der Waals surface area contributed by atoms with Crippen LogP contribution >= 0.6 is 0 Å². The number of rotatable bonds is 10. The first kappa shape index (κ1) is 29.7. The number of nitrogens with zero attached hydrogens (tertiary/aromatic N) is 4. The van der Waals surface area contributed by atoms with Crippen LogP contribution in [0.25, 0.3) is 5.82 Å². The summed E-state index contributed by atoms with van der Waals surface area (Å²) >= 11 is 0. The highest BCUT2D eigenvalue weighted by atomic mass is 32.2. The summed E-state index contributed by atoms with van der Waals surface area (Å²) in [5, 5.41) is 4.36. The first-order chi connectivity index (χ1) is 19.6. The topological polar surface area (TPSA) is 116 Å². The predicted molar refractivity (Wildman–Crippen MR) is 152 cm³/mol. The fourth-order valence-corrected chi connectivity index (χ4v) is 6.45. The molecule has 13 heteroatoms. The minimum atomic E-state index is -4.18. The number of benzene rings is 1. The highest BCUT2D eigenvalue weighted by Crippen LogP contribution is 2.56. The van der Waals surface area contributed by atoms with Crippen LogP contribution in [-0.2, 0) is 10.0 Å². The zero-order valence-electron chi connectivity index (χ0n) is 24.2. The van der Waals surface area contributed by atoms with Gasteiger partial charge in [-0.25, -0.2) is 31.6 Å². The molecule has 2 fully saturated rings. The van der Waals surface area contributed by atoms with Gasteiger partial charge in [-0.1, -0.05) is 6.92 Å². The van der Waals surface area contributed by atoms with Crippen molar-refractivity contribution in [2.24, 2.45) is 11.3 Å². The van der Waals surface area contributed by atoms with Crippen molar-refractivity contribution in [2.45, 2.75) is 63.3 Å². The molecule has 3 aromatic rings. The molecule has 5 rings (SSSR count). The molecule has 1 aliphatic heterocycles. The van der Waals surface area contributed by atoms with Crippen molar-refractivity contribution in [2.75, 3.05) is 25.2 Å². The van der Waals surface area contributed by atoms with E-state index in [9.17, 15) is 22.0 Å². The monoisotopic (exact) mass is 603 g/mol. The summed E-state index contributed by atoms with van der Waals surface area (Å²) in [6, 6.07) is 10.3. The number of amides is 1. The molecule has 2 aromatic heterocycles. The SMILES string of the molecule is COc1ccc(S(=O)(=O)NC(=O)c2ccc(-n3ccc(OCC4(C(C)(F)F)CC4)n3)nc2N2C[C@@H](C)CC2(C)C)cc1. The molecule has 0 unspecified atom stereocenters. The van der Waals surface area contributed by atoms with Gasteiger partial charge in [-0.2, -0.15) is 0 Å². The van der Waals surface area contributed by atoms with E-state index in [1.807, 2.05) is 18.7 Å². The molecule has 1 saturated carbocycles. The largest absolute Gasteiger partial charge is 0.497 e. The van der Waals surface area contributed by atoms with Gasteiger partial charge in [-0.3, -0.25) is 4.79 Å². The first-order valence-corrected chi connectivity index (χ1v) is 15.2. The van der Waals surface area contributed by atoms with Crippen molar-refractivity contribution in [3.05, 3.63) is 54.2 Å². The number of sulfonamides is 1. The number of methoxy groups -OCH3 is 1. The van der Waals surface area contributed by atoms with Gasteiger partial charge in [0.05, 0.1) is 23.0 Å². The zero-order chi connectivity index (χ0) is 30.5. The second-order valence-electron chi connectivity index (χ2n) is 11.9. The van der Waals surface area contributed by atoms with Crippen LogP contribution in [0.3, 0.4) is 0 Å². The Labute approximate surface area is 244 Å². The van der Waals surface area contributed by atoms with Gasteiger partial charge in [0.1, 0.15) is 18.2 Å². The predicted octanol–water partition coefficient (Wildman–Crippen LogP) is 4.83. The van der Waals surface area contributed by atoms with E-state index in [2.05, 4.69) is 16.7 Å². The summed E-state index contributed by atoms with van der Waals surface area (Å²) in [4.78, 5) is 20.1. The maximum Gasteiger partial charge on any atom is 0.268 e. The van der Waals surface area contributed by atoms with E-state index in [4.69, 9.17) is 14.5 Å². The number of anilines is 1. The van der Waals surface area contributed by atoms with Crippen molar-refractivity contribution >= 4 is 21.7 Å². The van der Waals surface area contributed by atoms with E-state index in [0.717, 1.165) is 13.3 Å². The second-order valence-corrected chi connectivity index (χ2v) is 13.6. The molecule has 2 aliphatic rings. The molecule has 226 valence electrons. The summed E-state index contributed by atoms with van der Waals surface area (Å²) in [5.41, 5.74) is -1.44. The maximum atomic E-state index is 14.0. The van der Waals surface area contributed by atoms with Gasteiger partial charge in [-0.05, 0) is 75.4 Å². The highest BCUT2D eigenvalue weighted by molar-refractivity contribution is 7.90. The van der Waals surface area contributed by atoms with Crippen molar-refractivity contribution in [3.8, 4) is 17.4 Å². The van der Waals surface area contributed by atoms with Gasteiger partial charge in [-0.15, -0.1) is 5.10 Å². The third-order valence-electron chi connectivity index (χ3n) is 8.11. The Balaban J connectivity index is 1.44. The van der Waals surface area contributed by atoms with Crippen LogP contribution in [0.15, 0.2) is 53.6 Å². The third kappa shape index (κ3) is 5.79. The summed E-state index contributed by atoms with van der Waals surface area (Å²) in [6.07, 6.45) is 3.22. The minimum Gasteiger partial charge on any atom is -0.497 e. The third-order valence-corrected chi connectivity index (χ3v) is 9.46. The number of hydrogen-bond donors (Lipinski definition) is 1. The van der Waals surface area contributed by atoms with Gasteiger partial charge < -0.3 is 14.4 Å². The van der Waals surface area contributed by atoms with Crippen LogP contribution in [-0.4, -0.2) is 60.8 Å². The molecule has 1 atom stereocenters. The molecule has 10 nitrogen and oxygen atoms in total. The molecule has 1 aliphatic carbocycles. The number of pyridine rings is 1. The number of nitrogens with one attached hydrogen (secondary N) is 1. The van der Waals surface area contributed by atoms with Crippen LogP contribution in [0.5, 0.6) is 11.6 Å². The lowest BCUT2D eigenvalue weighted by molar-refractivity contribution is -0.0712. The van der Waals surface area contributed by atoms with Crippen LogP contribution in [0.4, 0.5) is 14.6 Å². The van der Waals surface area contributed by atoms with Crippen molar-refractivity contribution in [1.29, 1.82) is 0 Å². The molecular formula is C29H35F2N5O5S. The molecule has 42 heavy (non-hydrogen) atoms. The number of carbonyl (C=O) groups is 1. The van der Waals surface area contributed by atoms with Gasteiger partial charge in [0.25, 0.3) is 21.9 Å². The number of ether oxygens (including phenoxy) is 2. The van der Waals surface area contributed by atoms with Crippen LogP contribution in [0, 0.1) is 11.3 Å². The zero-order valence-corrected chi connectivity index (χ0v) is 25.0. The Morgan fingerprint density at radius 2 is 1.83 bits per heavy atom. The number of aromatic nitrogens is 3. The average molecular weight is 604 g/mol. The Morgan fingerprint density at radius 3 is 2.40 bits per heavy atom. The van der Waals surface area contributed by atoms with Gasteiger partial charge in [0.15, 0.2) is 5.82 Å². The van der Waals surface area contributed by atoms with Gasteiger partial charge in [0, 0.05) is 31.3 Å². The van der Waals surface area contributed by atoms with E-state index in [-0.39, 0.29) is 28.5 Å². The van der Waals surface area contributed by atoms with E-state index in [0.29, 0.717) is 42.7 Å². The van der Waals surface area contributed by atoms with Crippen LogP contribution < -0.4 is 19.1 Å². The normalized spacial score (nSPS) is 19.4. The van der Waals surface area contributed by atoms with E-state index in [1.54, 1.807) is 18.3 Å². The fourth-order valence-electron chi connectivity index (χ4n) is 5.48. The highest BCUT2D eigenvalue weighted by Gasteiger charge is 2.59. The summed E-state index contributed by atoms with van der Waals surface area (Å²) < 4.78 is 68.3. The van der Waals surface area contributed by atoms with Crippen molar-refractivity contribution in [1.82, 2.24) is 19.5 Å². The van der Waals surface area contributed by atoms with Crippen LogP contribution in [0.1, 0.15) is 57.3 Å². The second kappa shape index (κ2) is 10.5. The lowest BCUT2D eigenvalue weighted by Gasteiger charge is -2.34. The molecule has 1 amide bonds. The van der Waals surface area contributed by atoms with Gasteiger partial charge in [0.2, 0.25) is 5.88 Å². The number of alkyl halides is 2. The first-order valence-electron chi connectivity index (χ1n) is 13.7. The smallest absolute Gasteiger partial charge is 0.268 e. The van der Waals surface area contributed by atoms with Crippen LogP contribution in [0.2, 0.25) is 0 Å². The summed E-state index contributed by atoms with van der Waals surface area (Å²) in [6.45, 7) is 7.55. The standard InChI is InChI=1S/C29H35F2N5O5S/c1-19-16-27(2,3)35(17-19)25-22(26(37)34-42(38,39)21-8-6-20(40-5)7-9-21)10-11-23(32-25)36-15-12-24(33-36)41-18-29(13-14-29)28(4,30)31/h6-12,15,19H,13-14,16-18H2,1-5H3,(H,34,37)/t19-/m0/s1. The molecular weight excluding hydrogens is 568 g/mol. The maximum absolute atomic E-state index is 14.0. The fraction of sp³-hybridized carbons (Fsp3) is 0.483. The number of halogens is 2. The minimum absolute atomic E-state index is 0.0856. The Hall–Kier alpha value is -3.74. The molecule has 1 saturated heterocycles.